The van der Waals surface area contributed by atoms with Crippen LogP contribution < -0.4 is 5.32 Å². The predicted octanol–water partition coefficient (Wildman–Crippen LogP) is 3.93. The molecule has 0 aliphatic rings. The van der Waals surface area contributed by atoms with Crippen LogP contribution in [0.4, 0.5) is 5.69 Å². The Kier molecular flexibility index (Phi) is 3.19. The van der Waals surface area contributed by atoms with Crippen LogP contribution in [0.3, 0.4) is 0 Å². The Hall–Kier alpha value is -1.12. The van der Waals surface area contributed by atoms with E-state index < -0.39 is 0 Å². The van der Waals surface area contributed by atoms with Crippen molar-refractivity contribution >= 4 is 28.9 Å². The van der Waals surface area contributed by atoms with Gasteiger partial charge in [0.1, 0.15) is 0 Å². The fourth-order valence-corrected chi connectivity index (χ4v) is 1.58. The highest BCUT2D eigenvalue weighted by molar-refractivity contribution is 6.42. The quantitative estimate of drug-likeness (QED) is 0.836. The molecule has 0 aliphatic carbocycles. The SMILES string of the molecule is Clc1ccc(NCc2ccc[nH]2)cc1Cl. The first-order chi connectivity index (χ1) is 7.25. The fraction of sp³-hybridized carbons (Fsp3) is 0.0909. The molecule has 1 heterocycles. The van der Waals surface area contributed by atoms with Crippen molar-refractivity contribution in [2.24, 2.45) is 0 Å². The molecular formula is C11H10Cl2N2. The van der Waals surface area contributed by atoms with Gasteiger partial charge in [-0.25, -0.2) is 0 Å². The molecule has 0 bridgehead atoms. The molecule has 0 aliphatic heterocycles. The van der Waals surface area contributed by atoms with Gasteiger partial charge in [-0.1, -0.05) is 23.2 Å². The normalized spacial score (nSPS) is 10.3. The van der Waals surface area contributed by atoms with E-state index in [1.807, 2.05) is 30.5 Å². The standard InChI is InChI=1S/C11H10Cl2N2/c12-10-4-3-8(6-11(10)13)15-7-9-2-1-5-14-9/h1-6,14-15H,7H2. The number of aromatic amines is 1. The van der Waals surface area contributed by atoms with E-state index in [9.17, 15) is 0 Å². The summed E-state index contributed by atoms with van der Waals surface area (Å²) in [5.41, 5.74) is 2.08. The van der Waals surface area contributed by atoms with E-state index in [1.54, 1.807) is 6.07 Å². The number of hydrogen-bond acceptors (Lipinski definition) is 1. The summed E-state index contributed by atoms with van der Waals surface area (Å²) in [4.78, 5) is 3.11. The number of anilines is 1. The smallest absolute Gasteiger partial charge is 0.0612 e. The highest BCUT2D eigenvalue weighted by Gasteiger charge is 1.99. The molecule has 0 fully saturated rings. The first-order valence-corrected chi connectivity index (χ1v) is 5.32. The minimum absolute atomic E-state index is 0.563. The lowest BCUT2D eigenvalue weighted by molar-refractivity contribution is 1.07. The van der Waals surface area contributed by atoms with Crippen molar-refractivity contribution in [3.8, 4) is 0 Å². The molecule has 2 nitrogen and oxygen atoms in total. The Morgan fingerprint density at radius 1 is 1.13 bits per heavy atom. The lowest BCUT2D eigenvalue weighted by Gasteiger charge is -2.05. The molecule has 15 heavy (non-hydrogen) atoms. The largest absolute Gasteiger partial charge is 0.379 e. The van der Waals surface area contributed by atoms with Crippen molar-refractivity contribution in [2.75, 3.05) is 5.32 Å². The molecular weight excluding hydrogens is 231 g/mol. The second-order valence-corrected chi connectivity index (χ2v) is 3.99. The molecule has 0 spiro atoms. The van der Waals surface area contributed by atoms with Gasteiger partial charge >= 0.3 is 0 Å². The van der Waals surface area contributed by atoms with Gasteiger partial charge in [-0.05, 0) is 30.3 Å². The highest BCUT2D eigenvalue weighted by Crippen LogP contribution is 2.25. The first kappa shape index (κ1) is 10.4. The van der Waals surface area contributed by atoms with E-state index in [0.29, 0.717) is 10.0 Å². The van der Waals surface area contributed by atoms with Crippen molar-refractivity contribution in [1.82, 2.24) is 4.98 Å². The minimum Gasteiger partial charge on any atom is -0.379 e. The zero-order valence-corrected chi connectivity index (χ0v) is 9.44. The van der Waals surface area contributed by atoms with Gasteiger partial charge in [-0.15, -0.1) is 0 Å². The van der Waals surface area contributed by atoms with E-state index in [0.717, 1.165) is 17.9 Å². The number of benzene rings is 1. The van der Waals surface area contributed by atoms with Crippen LogP contribution in [-0.4, -0.2) is 4.98 Å². The van der Waals surface area contributed by atoms with Crippen molar-refractivity contribution in [2.45, 2.75) is 6.54 Å². The molecule has 2 rings (SSSR count). The summed E-state index contributed by atoms with van der Waals surface area (Å²) in [6.07, 6.45) is 1.89. The molecule has 78 valence electrons. The average Bonchev–Trinajstić information content (AvgIpc) is 2.73. The van der Waals surface area contributed by atoms with Crippen molar-refractivity contribution in [1.29, 1.82) is 0 Å². The van der Waals surface area contributed by atoms with Gasteiger partial charge in [0.2, 0.25) is 0 Å². The molecule has 0 atom stereocenters. The third-order valence-electron chi connectivity index (χ3n) is 2.06. The summed E-state index contributed by atoms with van der Waals surface area (Å²) in [5, 5.41) is 4.38. The van der Waals surface area contributed by atoms with Crippen LogP contribution in [-0.2, 0) is 6.54 Å². The summed E-state index contributed by atoms with van der Waals surface area (Å²) in [7, 11) is 0. The van der Waals surface area contributed by atoms with E-state index in [2.05, 4.69) is 10.3 Å². The Morgan fingerprint density at radius 2 is 2.00 bits per heavy atom. The van der Waals surface area contributed by atoms with E-state index in [1.165, 1.54) is 0 Å². The highest BCUT2D eigenvalue weighted by atomic mass is 35.5. The maximum absolute atomic E-state index is 5.89. The Morgan fingerprint density at radius 3 is 2.67 bits per heavy atom. The van der Waals surface area contributed by atoms with Crippen molar-refractivity contribution in [3.63, 3.8) is 0 Å². The minimum atomic E-state index is 0.563. The van der Waals surface area contributed by atoms with E-state index in [-0.39, 0.29) is 0 Å². The monoisotopic (exact) mass is 240 g/mol. The molecule has 0 saturated carbocycles. The Balaban J connectivity index is 2.02. The van der Waals surface area contributed by atoms with Gasteiger partial charge in [0, 0.05) is 17.6 Å². The molecule has 0 amide bonds. The van der Waals surface area contributed by atoms with Crippen molar-refractivity contribution in [3.05, 3.63) is 52.3 Å². The fourth-order valence-electron chi connectivity index (χ4n) is 1.28. The molecule has 2 N–H and O–H groups in total. The average molecular weight is 241 g/mol. The number of nitrogens with one attached hydrogen (secondary N) is 2. The van der Waals surface area contributed by atoms with Crippen LogP contribution in [0.15, 0.2) is 36.5 Å². The van der Waals surface area contributed by atoms with Gasteiger partial charge in [0.25, 0.3) is 0 Å². The van der Waals surface area contributed by atoms with Gasteiger partial charge in [0.05, 0.1) is 16.6 Å². The zero-order valence-electron chi connectivity index (χ0n) is 7.93. The number of H-pyrrole nitrogens is 1. The predicted molar refractivity (Wildman–Crippen MR) is 64.6 cm³/mol. The summed E-state index contributed by atoms with van der Waals surface area (Å²) in [5.74, 6) is 0. The second-order valence-electron chi connectivity index (χ2n) is 3.18. The van der Waals surface area contributed by atoms with Gasteiger partial charge in [-0.2, -0.15) is 0 Å². The number of rotatable bonds is 3. The molecule has 4 heteroatoms. The zero-order chi connectivity index (χ0) is 10.7. The van der Waals surface area contributed by atoms with Gasteiger partial charge in [0.15, 0.2) is 0 Å². The molecule has 1 aromatic carbocycles. The molecule has 0 radical (unpaired) electrons. The Bertz CT molecular complexity index is 438. The van der Waals surface area contributed by atoms with Crippen molar-refractivity contribution < 1.29 is 0 Å². The van der Waals surface area contributed by atoms with E-state index >= 15 is 0 Å². The third kappa shape index (κ3) is 2.67. The lowest BCUT2D eigenvalue weighted by Crippen LogP contribution is -1.99. The molecule has 2 aromatic rings. The number of halogens is 2. The number of aromatic nitrogens is 1. The third-order valence-corrected chi connectivity index (χ3v) is 2.80. The Labute approximate surface area is 98.2 Å². The summed E-state index contributed by atoms with van der Waals surface area (Å²) >= 11 is 11.7. The topological polar surface area (TPSA) is 27.8 Å². The van der Waals surface area contributed by atoms with Crippen LogP contribution in [0, 0.1) is 0 Å². The summed E-state index contributed by atoms with van der Waals surface area (Å²) in [6, 6.07) is 9.47. The summed E-state index contributed by atoms with van der Waals surface area (Å²) < 4.78 is 0. The molecule has 0 saturated heterocycles. The summed E-state index contributed by atoms with van der Waals surface area (Å²) in [6.45, 7) is 0.741. The lowest BCUT2D eigenvalue weighted by atomic mass is 10.3. The maximum atomic E-state index is 5.89. The van der Waals surface area contributed by atoms with Gasteiger partial charge in [-0.3, -0.25) is 0 Å². The van der Waals surface area contributed by atoms with Crippen LogP contribution >= 0.6 is 23.2 Å². The second kappa shape index (κ2) is 4.60. The molecule has 1 aromatic heterocycles. The van der Waals surface area contributed by atoms with Crippen LogP contribution in [0.2, 0.25) is 10.0 Å². The molecule has 0 unspecified atom stereocenters. The van der Waals surface area contributed by atoms with Gasteiger partial charge < -0.3 is 10.3 Å². The maximum Gasteiger partial charge on any atom is 0.0612 e. The number of hydrogen-bond donors (Lipinski definition) is 2. The van der Waals surface area contributed by atoms with E-state index in [4.69, 9.17) is 23.2 Å². The van der Waals surface area contributed by atoms with Crippen LogP contribution in [0.1, 0.15) is 5.69 Å². The van der Waals surface area contributed by atoms with Crippen LogP contribution in [0.25, 0.3) is 0 Å². The first-order valence-electron chi connectivity index (χ1n) is 4.57. The van der Waals surface area contributed by atoms with Crippen LogP contribution in [0.5, 0.6) is 0 Å².